The monoisotopic (exact) mass is 720 g/mol. The van der Waals surface area contributed by atoms with Crippen LogP contribution in [0.2, 0.25) is 0 Å². The molecule has 8 aromatic carbocycles. The minimum absolute atomic E-state index is 0.0656. The van der Waals surface area contributed by atoms with Crippen LogP contribution in [-0.4, -0.2) is 0 Å². The molecule has 0 spiro atoms. The molecule has 1 aliphatic carbocycles. The largest absolute Gasteiger partial charge is 0.311 e. The highest BCUT2D eigenvalue weighted by Crippen LogP contribution is 2.50. The van der Waals surface area contributed by atoms with Crippen molar-refractivity contribution >= 4 is 46.3 Å². The zero-order chi connectivity index (χ0) is 38.1. The van der Waals surface area contributed by atoms with Gasteiger partial charge in [-0.25, -0.2) is 0 Å². The summed E-state index contributed by atoms with van der Waals surface area (Å²) in [7, 11) is 0. The summed E-state index contributed by atoms with van der Waals surface area (Å²) < 4.78 is 0. The molecule has 0 unspecified atom stereocenters. The number of hydrogen-bond acceptors (Lipinski definition) is 2. The molecule has 0 aliphatic heterocycles. The zero-order valence-electron chi connectivity index (χ0n) is 32.1. The van der Waals surface area contributed by atoms with E-state index >= 15 is 0 Å². The SMILES string of the molecule is Cc1ccccc1N(c1ccc(/C=C/c2ccc(-c3ccc(N(c4ccccc4)c4ccccc4)cc3)cc2)cc1)c1ccc2c(c1)C(C)(C)c1ccccc1-2. The summed E-state index contributed by atoms with van der Waals surface area (Å²) >= 11 is 0. The van der Waals surface area contributed by atoms with E-state index in [1.165, 1.54) is 50.3 Å². The summed E-state index contributed by atoms with van der Waals surface area (Å²) in [4.78, 5) is 4.69. The maximum absolute atomic E-state index is 2.40. The van der Waals surface area contributed by atoms with Gasteiger partial charge in [0.1, 0.15) is 0 Å². The molecule has 8 aromatic rings. The number of para-hydroxylation sites is 3. The first kappa shape index (κ1) is 34.8. The van der Waals surface area contributed by atoms with Crippen molar-refractivity contribution in [3.05, 3.63) is 228 Å². The molecule has 0 amide bonds. The first-order chi connectivity index (χ1) is 27.4. The van der Waals surface area contributed by atoms with Crippen molar-refractivity contribution < 1.29 is 0 Å². The van der Waals surface area contributed by atoms with Crippen LogP contribution in [0.1, 0.15) is 41.7 Å². The van der Waals surface area contributed by atoms with Crippen molar-refractivity contribution in [1.29, 1.82) is 0 Å². The van der Waals surface area contributed by atoms with Gasteiger partial charge < -0.3 is 9.80 Å². The third-order valence-corrected chi connectivity index (χ3v) is 11.2. The van der Waals surface area contributed by atoms with Crippen molar-refractivity contribution in [2.45, 2.75) is 26.2 Å². The molecule has 2 heteroatoms. The number of anilines is 6. The summed E-state index contributed by atoms with van der Waals surface area (Å²) in [6.45, 7) is 6.88. The van der Waals surface area contributed by atoms with Crippen molar-refractivity contribution in [1.82, 2.24) is 0 Å². The third-order valence-electron chi connectivity index (χ3n) is 11.2. The second-order valence-corrected chi connectivity index (χ2v) is 15.1. The second-order valence-electron chi connectivity index (χ2n) is 15.1. The molecule has 56 heavy (non-hydrogen) atoms. The van der Waals surface area contributed by atoms with Gasteiger partial charge in [-0.15, -0.1) is 0 Å². The first-order valence-electron chi connectivity index (χ1n) is 19.4. The predicted molar refractivity (Wildman–Crippen MR) is 239 cm³/mol. The van der Waals surface area contributed by atoms with E-state index in [9.17, 15) is 0 Å². The quantitative estimate of drug-likeness (QED) is 0.137. The van der Waals surface area contributed by atoms with Gasteiger partial charge in [-0.2, -0.15) is 0 Å². The average molecular weight is 721 g/mol. The van der Waals surface area contributed by atoms with E-state index in [0.29, 0.717) is 0 Å². The Morgan fingerprint density at radius 2 is 0.821 bits per heavy atom. The topological polar surface area (TPSA) is 6.48 Å². The molecule has 0 N–H and O–H groups in total. The first-order valence-corrected chi connectivity index (χ1v) is 19.4. The van der Waals surface area contributed by atoms with E-state index in [-0.39, 0.29) is 5.41 Å². The number of benzene rings is 8. The van der Waals surface area contributed by atoms with Gasteiger partial charge in [0.2, 0.25) is 0 Å². The molecule has 0 aromatic heterocycles. The number of rotatable bonds is 9. The Balaban J connectivity index is 0.943. The zero-order valence-corrected chi connectivity index (χ0v) is 32.1. The van der Waals surface area contributed by atoms with Gasteiger partial charge in [-0.05, 0) is 124 Å². The fraction of sp³-hybridized carbons (Fsp3) is 0.0741. The van der Waals surface area contributed by atoms with Gasteiger partial charge in [0, 0.05) is 39.5 Å². The normalized spacial score (nSPS) is 12.6. The lowest BCUT2D eigenvalue weighted by molar-refractivity contribution is 0.660. The fourth-order valence-corrected chi connectivity index (χ4v) is 8.19. The summed E-state index contributed by atoms with van der Waals surface area (Å²) in [5.74, 6) is 0. The van der Waals surface area contributed by atoms with Crippen LogP contribution in [-0.2, 0) is 5.41 Å². The highest BCUT2D eigenvalue weighted by atomic mass is 15.1. The lowest BCUT2D eigenvalue weighted by Crippen LogP contribution is -2.16. The van der Waals surface area contributed by atoms with Crippen molar-refractivity contribution in [3.63, 3.8) is 0 Å². The molecule has 0 radical (unpaired) electrons. The van der Waals surface area contributed by atoms with E-state index in [4.69, 9.17) is 0 Å². The van der Waals surface area contributed by atoms with Crippen LogP contribution in [0, 0.1) is 6.92 Å². The van der Waals surface area contributed by atoms with Crippen LogP contribution in [0.4, 0.5) is 34.1 Å². The Morgan fingerprint density at radius 1 is 0.375 bits per heavy atom. The van der Waals surface area contributed by atoms with Gasteiger partial charge in [-0.1, -0.05) is 159 Å². The molecule has 2 nitrogen and oxygen atoms in total. The maximum atomic E-state index is 2.40. The summed E-state index contributed by atoms with van der Waals surface area (Å²) in [6, 6.07) is 72.1. The molecule has 0 atom stereocenters. The minimum atomic E-state index is -0.0656. The van der Waals surface area contributed by atoms with Crippen molar-refractivity contribution in [3.8, 4) is 22.3 Å². The van der Waals surface area contributed by atoms with Crippen LogP contribution in [0.5, 0.6) is 0 Å². The van der Waals surface area contributed by atoms with E-state index in [1.807, 2.05) is 0 Å². The van der Waals surface area contributed by atoms with Gasteiger partial charge in [0.05, 0.1) is 0 Å². The molecule has 1 aliphatic rings. The predicted octanol–water partition coefficient (Wildman–Crippen LogP) is 15.1. The molecule has 0 heterocycles. The lowest BCUT2D eigenvalue weighted by Gasteiger charge is -2.29. The highest BCUT2D eigenvalue weighted by Gasteiger charge is 2.35. The van der Waals surface area contributed by atoms with Crippen LogP contribution in [0.3, 0.4) is 0 Å². The standard InChI is InChI=1S/C54H44N2/c1-39-14-10-13-21-53(39)56(48-36-37-50-49-19-11-12-20-51(49)54(2,3)52(50)38-48)47-32-26-41(27-33-47)23-22-40-24-28-42(29-25-40)43-30-34-46(35-31-43)55(44-15-6-4-7-16-44)45-17-8-5-9-18-45/h4-38H,1-3H3/b23-22+. The summed E-state index contributed by atoms with van der Waals surface area (Å²) in [5, 5.41) is 0. The van der Waals surface area contributed by atoms with Gasteiger partial charge in [0.25, 0.3) is 0 Å². The van der Waals surface area contributed by atoms with Crippen molar-refractivity contribution in [2.24, 2.45) is 0 Å². The molecule has 0 fully saturated rings. The smallest absolute Gasteiger partial charge is 0.0490 e. The second kappa shape index (κ2) is 14.7. The Hall–Kier alpha value is -6.90. The van der Waals surface area contributed by atoms with Crippen molar-refractivity contribution in [2.75, 3.05) is 9.80 Å². The van der Waals surface area contributed by atoms with E-state index in [1.54, 1.807) is 0 Å². The summed E-state index contributed by atoms with van der Waals surface area (Å²) in [6.07, 6.45) is 4.39. The maximum Gasteiger partial charge on any atom is 0.0490 e. The van der Waals surface area contributed by atoms with E-state index in [0.717, 1.165) is 33.9 Å². The number of aryl methyl sites for hydroxylation is 1. The lowest BCUT2D eigenvalue weighted by atomic mass is 9.82. The Kier molecular flexibility index (Phi) is 9.17. The number of nitrogens with zero attached hydrogens (tertiary/aromatic N) is 2. The molecule has 270 valence electrons. The number of fused-ring (bicyclic) bond motifs is 3. The van der Waals surface area contributed by atoms with Crippen LogP contribution < -0.4 is 9.80 Å². The Bertz CT molecular complexity index is 2600. The van der Waals surface area contributed by atoms with E-state index < -0.39 is 0 Å². The van der Waals surface area contributed by atoms with Crippen LogP contribution >= 0.6 is 0 Å². The summed E-state index contributed by atoms with van der Waals surface area (Å²) in [5.41, 5.74) is 18.2. The molecule has 0 saturated carbocycles. The molecular weight excluding hydrogens is 677 g/mol. The molecule has 0 saturated heterocycles. The molecule has 9 rings (SSSR count). The Labute approximate surface area is 331 Å². The van der Waals surface area contributed by atoms with Gasteiger partial charge in [-0.3, -0.25) is 0 Å². The molecular formula is C54H44N2. The Morgan fingerprint density at radius 3 is 1.45 bits per heavy atom. The van der Waals surface area contributed by atoms with Crippen LogP contribution in [0.15, 0.2) is 200 Å². The average Bonchev–Trinajstić information content (AvgIpc) is 3.48. The van der Waals surface area contributed by atoms with Crippen LogP contribution in [0.25, 0.3) is 34.4 Å². The third kappa shape index (κ3) is 6.61. The number of hydrogen-bond donors (Lipinski definition) is 0. The minimum Gasteiger partial charge on any atom is -0.311 e. The van der Waals surface area contributed by atoms with Gasteiger partial charge >= 0.3 is 0 Å². The highest BCUT2D eigenvalue weighted by molar-refractivity contribution is 5.86. The van der Waals surface area contributed by atoms with E-state index in [2.05, 4.69) is 243 Å². The molecule has 0 bridgehead atoms. The fourth-order valence-electron chi connectivity index (χ4n) is 8.19. The van der Waals surface area contributed by atoms with Gasteiger partial charge in [0.15, 0.2) is 0 Å².